The van der Waals surface area contributed by atoms with E-state index >= 15 is 0 Å². The number of thioether (sulfide) groups is 1. The number of carbonyl (C=O) groups is 1. The van der Waals surface area contributed by atoms with Crippen LogP contribution in [0.25, 0.3) is 5.69 Å². The second-order valence-electron chi connectivity index (χ2n) is 7.37. The molecule has 1 N–H and O–H groups in total. The maximum Gasteiger partial charge on any atom is 0.234 e. The van der Waals surface area contributed by atoms with Gasteiger partial charge in [-0.3, -0.25) is 9.36 Å². The average molecular weight is 474 g/mol. The van der Waals surface area contributed by atoms with E-state index in [0.29, 0.717) is 21.4 Å². The first-order valence-corrected chi connectivity index (χ1v) is 11.5. The Morgan fingerprint density at radius 2 is 1.91 bits per heavy atom. The molecule has 1 aromatic heterocycles. The van der Waals surface area contributed by atoms with Crippen molar-refractivity contribution in [3.05, 3.63) is 101 Å². The normalized spacial score (nSPS) is 11.5. The van der Waals surface area contributed by atoms with Crippen molar-refractivity contribution in [2.75, 3.05) is 11.1 Å². The number of nitrogens with one attached hydrogen (secondary N) is 1. The molecule has 0 saturated carbocycles. The molecule has 0 spiro atoms. The summed E-state index contributed by atoms with van der Waals surface area (Å²) in [5.41, 5.74) is 4.23. The van der Waals surface area contributed by atoms with Gasteiger partial charge in [0.1, 0.15) is 6.33 Å². The first-order chi connectivity index (χ1) is 16.0. The van der Waals surface area contributed by atoms with Gasteiger partial charge in [-0.1, -0.05) is 77.5 Å². The van der Waals surface area contributed by atoms with Crippen LogP contribution >= 0.6 is 23.4 Å². The van der Waals surface area contributed by atoms with Crippen LogP contribution < -0.4 is 5.32 Å². The monoisotopic (exact) mass is 473 g/mol. The number of carbonyl (C=O) groups excluding carboxylic acids is 1. The zero-order valence-corrected chi connectivity index (χ0v) is 19.3. The molecule has 6 nitrogen and oxygen atoms in total. The van der Waals surface area contributed by atoms with Crippen molar-refractivity contribution in [2.24, 2.45) is 0 Å². The molecule has 0 saturated heterocycles. The Balaban J connectivity index is 1.41. The number of nitriles is 1. The summed E-state index contributed by atoms with van der Waals surface area (Å²) < 4.78 is 1.84. The van der Waals surface area contributed by atoms with Crippen LogP contribution in [0.1, 0.15) is 22.6 Å². The lowest BCUT2D eigenvalue weighted by Gasteiger charge is -2.13. The van der Waals surface area contributed by atoms with Gasteiger partial charge in [0.2, 0.25) is 5.91 Å². The zero-order valence-electron chi connectivity index (χ0n) is 17.8. The molecule has 33 heavy (non-hydrogen) atoms. The van der Waals surface area contributed by atoms with Crippen molar-refractivity contribution in [1.82, 2.24) is 14.8 Å². The van der Waals surface area contributed by atoms with E-state index in [9.17, 15) is 10.1 Å². The van der Waals surface area contributed by atoms with Crippen molar-refractivity contribution >= 4 is 35.0 Å². The molecular formula is C25H20ClN5OS. The summed E-state index contributed by atoms with van der Waals surface area (Å²) >= 11 is 7.76. The summed E-state index contributed by atoms with van der Waals surface area (Å²) in [6.07, 6.45) is 1.63. The highest BCUT2D eigenvalue weighted by molar-refractivity contribution is 7.99. The number of benzene rings is 3. The zero-order chi connectivity index (χ0) is 23.2. The highest BCUT2D eigenvalue weighted by atomic mass is 35.5. The van der Waals surface area contributed by atoms with Crippen LogP contribution in [0.2, 0.25) is 5.02 Å². The molecule has 0 aliphatic heterocycles. The van der Waals surface area contributed by atoms with Crippen molar-refractivity contribution < 1.29 is 4.79 Å². The molecular weight excluding hydrogens is 454 g/mol. The van der Waals surface area contributed by atoms with Crippen LogP contribution in [0, 0.1) is 18.3 Å². The maximum atomic E-state index is 12.5. The van der Waals surface area contributed by atoms with E-state index in [1.807, 2.05) is 66.1 Å². The van der Waals surface area contributed by atoms with Gasteiger partial charge in [-0.15, -0.1) is 10.2 Å². The Kier molecular flexibility index (Phi) is 7.08. The lowest BCUT2D eigenvalue weighted by Crippen LogP contribution is -2.14. The van der Waals surface area contributed by atoms with E-state index in [-0.39, 0.29) is 11.7 Å². The number of aromatic nitrogens is 3. The summed E-state index contributed by atoms with van der Waals surface area (Å²) in [6.45, 7) is 2.02. The topological polar surface area (TPSA) is 83.6 Å². The van der Waals surface area contributed by atoms with Gasteiger partial charge in [-0.2, -0.15) is 5.26 Å². The molecule has 0 aliphatic rings. The third-order valence-corrected chi connectivity index (χ3v) is 6.29. The predicted octanol–water partition coefficient (Wildman–Crippen LogP) is 5.62. The number of amides is 1. The molecule has 8 heteroatoms. The predicted molar refractivity (Wildman–Crippen MR) is 131 cm³/mol. The highest BCUT2D eigenvalue weighted by Crippen LogP contribution is 2.32. The highest BCUT2D eigenvalue weighted by Gasteiger charge is 2.17. The molecule has 1 heterocycles. The number of aryl methyl sites for hydroxylation is 1. The minimum Gasteiger partial charge on any atom is -0.325 e. The van der Waals surface area contributed by atoms with E-state index in [1.165, 1.54) is 11.8 Å². The third-order valence-electron chi connectivity index (χ3n) is 5.02. The van der Waals surface area contributed by atoms with Gasteiger partial charge >= 0.3 is 0 Å². The van der Waals surface area contributed by atoms with Crippen molar-refractivity contribution in [2.45, 2.75) is 18.0 Å². The molecule has 0 bridgehead atoms. The van der Waals surface area contributed by atoms with E-state index in [0.717, 1.165) is 16.8 Å². The lowest BCUT2D eigenvalue weighted by atomic mass is 9.92. The number of nitrogens with zero attached hydrogens (tertiary/aromatic N) is 4. The fourth-order valence-corrected chi connectivity index (χ4v) is 4.36. The number of hydrogen-bond donors (Lipinski definition) is 1. The Labute approximate surface area is 201 Å². The number of halogens is 1. The number of hydrogen-bond acceptors (Lipinski definition) is 5. The summed E-state index contributed by atoms with van der Waals surface area (Å²) in [7, 11) is 0. The summed E-state index contributed by atoms with van der Waals surface area (Å²) in [5.74, 6) is -0.510. The smallest absolute Gasteiger partial charge is 0.234 e. The van der Waals surface area contributed by atoms with E-state index in [4.69, 9.17) is 11.6 Å². The quantitative estimate of drug-likeness (QED) is 0.352. The second-order valence-corrected chi connectivity index (χ2v) is 8.71. The Morgan fingerprint density at radius 3 is 2.61 bits per heavy atom. The van der Waals surface area contributed by atoms with Gasteiger partial charge in [0.15, 0.2) is 5.16 Å². The molecule has 4 rings (SSSR count). The molecule has 164 valence electrons. The van der Waals surface area contributed by atoms with E-state index in [2.05, 4.69) is 21.6 Å². The standard InChI is InChI=1S/C25H20ClN5OS/c1-17-7-10-20(11-8-17)31-16-28-30-25(31)33-15-24(32)29-19-9-12-21(23(26)13-19)22(14-27)18-5-3-2-4-6-18/h2-13,16,22H,15H2,1H3,(H,29,32). The van der Waals surface area contributed by atoms with E-state index in [1.54, 1.807) is 24.5 Å². The van der Waals surface area contributed by atoms with Crippen molar-refractivity contribution in [3.8, 4) is 11.8 Å². The van der Waals surface area contributed by atoms with Crippen LogP contribution in [-0.2, 0) is 4.79 Å². The Bertz CT molecular complexity index is 1300. The lowest BCUT2D eigenvalue weighted by molar-refractivity contribution is -0.113. The molecule has 4 aromatic rings. The molecule has 0 radical (unpaired) electrons. The number of anilines is 1. The minimum absolute atomic E-state index is 0.161. The van der Waals surface area contributed by atoms with Crippen LogP contribution in [0.5, 0.6) is 0 Å². The molecule has 1 unspecified atom stereocenters. The minimum atomic E-state index is -0.479. The Hall–Kier alpha value is -3.60. The van der Waals surface area contributed by atoms with Gasteiger partial charge in [0.25, 0.3) is 0 Å². The fraction of sp³-hybridized carbons (Fsp3) is 0.120. The SMILES string of the molecule is Cc1ccc(-n2cnnc2SCC(=O)Nc2ccc(C(C#N)c3ccccc3)c(Cl)c2)cc1. The van der Waals surface area contributed by atoms with Gasteiger partial charge in [0.05, 0.1) is 17.7 Å². The first-order valence-electron chi connectivity index (χ1n) is 10.2. The van der Waals surface area contributed by atoms with Gasteiger partial charge in [-0.05, 0) is 42.3 Å². The third kappa shape index (κ3) is 5.43. The molecule has 1 atom stereocenters. The van der Waals surface area contributed by atoms with E-state index < -0.39 is 5.92 Å². The van der Waals surface area contributed by atoms with Crippen LogP contribution in [0.15, 0.2) is 84.3 Å². The van der Waals surface area contributed by atoms with Gasteiger partial charge in [0, 0.05) is 16.4 Å². The van der Waals surface area contributed by atoms with Gasteiger partial charge in [-0.25, -0.2) is 0 Å². The summed E-state index contributed by atoms with van der Waals surface area (Å²) in [5, 5.41) is 21.7. The second kappa shape index (κ2) is 10.3. The van der Waals surface area contributed by atoms with Crippen LogP contribution in [0.3, 0.4) is 0 Å². The van der Waals surface area contributed by atoms with Crippen LogP contribution in [-0.4, -0.2) is 26.4 Å². The average Bonchev–Trinajstić information content (AvgIpc) is 3.29. The summed E-state index contributed by atoms with van der Waals surface area (Å²) in [6, 6.07) is 25.0. The fourth-order valence-electron chi connectivity index (χ4n) is 3.34. The number of rotatable bonds is 7. The first kappa shape index (κ1) is 22.6. The van der Waals surface area contributed by atoms with Crippen molar-refractivity contribution in [3.63, 3.8) is 0 Å². The largest absolute Gasteiger partial charge is 0.325 e. The molecule has 0 aliphatic carbocycles. The van der Waals surface area contributed by atoms with Crippen LogP contribution in [0.4, 0.5) is 5.69 Å². The molecule has 0 fully saturated rings. The maximum absolute atomic E-state index is 12.5. The van der Waals surface area contributed by atoms with Crippen molar-refractivity contribution in [1.29, 1.82) is 5.26 Å². The van der Waals surface area contributed by atoms with Gasteiger partial charge < -0.3 is 5.32 Å². The molecule has 3 aromatic carbocycles. The summed E-state index contributed by atoms with van der Waals surface area (Å²) in [4.78, 5) is 12.5. The molecule has 1 amide bonds. The Morgan fingerprint density at radius 1 is 1.15 bits per heavy atom.